The van der Waals surface area contributed by atoms with Crippen LogP contribution in [-0.4, -0.2) is 4.98 Å². The third-order valence-electron chi connectivity index (χ3n) is 2.57. The molecule has 0 amide bonds. The Morgan fingerprint density at radius 2 is 2.11 bits per heavy atom. The van der Waals surface area contributed by atoms with E-state index >= 15 is 0 Å². The van der Waals surface area contributed by atoms with Crippen LogP contribution in [-0.2, 0) is 13.2 Å². The Hall–Kier alpha value is -2.45. The van der Waals surface area contributed by atoms with Gasteiger partial charge in [0.05, 0.1) is 0 Å². The Bertz CT molecular complexity index is 622. The number of halogens is 1. The van der Waals surface area contributed by atoms with Gasteiger partial charge in [0, 0.05) is 12.7 Å². The lowest BCUT2D eigenvalue weighted by Crippen LogP contribution is -2.01. The van der Waals surface area contributed by atoms with Gasteiger partial charge in [-0.3, -0.25) is 0 Å². The molecule has 0 unspecified atom stereocenters. The van der Waals surface area contributed by atoms with Crippen LogP contribution in [0.2, 0.25) is 0 Å². The summed E-state index contributed by atoms with van der Waals surface area (Å²) in [5.74, 6) is -0.287. The SMILES string of the molecule is N#Cc1cc(COc2ccc(CN)cc2F)ccn1. The van der Waals surface area contributed by atoms with Gasteiger partial charge >= 0.3 is 0 Å². The van der Waals surface area contributed by atoms with Crippen LogP contribution < -0.4 is 10.5 Å². The first kappa shape index (κ1) is 13.0. The first-order valence-corrected chi connectivity index (χ1v) is 5.69. The molecule has 0 atom stereocenters. The minimum absolute atomic E-state index is 0.160. The Morgan fingerprint density at radius 1 is 1.26 bits per heavy atom. The highest BCUT2D eigenvalue weighted by molar-refractivity contribution is 5.30. The molecule has 0 spiro atoms. The molecule has 0 saturated carbocycles. The van der Waals surface area contributed by atoms with Crippen molar-refractivity contribution in [1.29, 1.82) is 5.26 Å². The molecule has 0 bridgehead atoms. The van der Waals surface area contributed by atoms with E-state index in [2.05, 4.69) is 4.98 Å². The minimum Gasteiger partial charge on any atom is -0.486 e. The lowest BCUT2D eigenvalue weighted by molar-refractivity contribution is 0.290. The molecule has 2 rings (SSSR count). The molecule has 96 valence electrons. The number of ether oxygens (including phenoxy) is 1. The van der Waals surface area contributed by atoms with Crippen LogP contribution in [0.3, 0.4) is 0 Å². The Balaban J connectivity index is 2.08. The van der Waals surface area contributed by atoms with Crippen LogP contribution in [0.1, 0.15) is 16.8 Å². The van der Waals surface area contributed by atoms with Gasteiger partial charge in [0.15, 0.2) is 11.6 Å². The van der Waals surface area contributed by atoms with Gasteiger partial charge in [-0.05, 0) is 35.4 Å². The number of nitrogens with two attached hydrogens (primary N) is 1. The van der Waals surface area contributed by atoms with Crippen molar-refractivity contribution in [2.75, 3.05) is 0 Å². The average molecular weight is 257 g/mol. The molecule has 5 heteroatoms. The maximum Gasteiger partial charge on any atom is 0.165 e. The minimum atomic E-state index is -0.447. The Labute approximate surface area is 110 Å². The summed E-state index contributed by atoms with van der Waals surface area (Å²) >= 11 is 0. The topological polar surface area (TPSA) is 71.9 Å². The van der Waals surface area contributed by atoms with E-state index in [-0.39, 0.29) is 18.9 Å². The summed E-state index contributed by atoms with van der Waals surface area (Å²) in [7, 11) is 0. The van der Waals surface area contributed by atoms with E-state index < -0.39 is 5.82 Å². The zero-order chi connectivity index (χ0) is 13.7. The van der Waals surface area contributed by atoms with E-state index in [4.69, 9.17) is 15.7 Å². The molecule has 1 aromatic carbocycles. The second-order valence-corrected chi connectivity index (χ2v) is 3.92. The predicted octanol–water partition coefficient (Wildman–Crippen LogP) is 2.13. The van der Waals surface area contributed by atoms with E-state index in [0.717, 1.165) is 5.56 Å². The second kappa shape index (κ2) is 5.94. The van der Waals surface area contributed by atoms with Crippen molar-refractivity contribution >= 4 is 0 Å². The third-order valence-corrected chi connectivity index (χ3v) is 2.57. The average Bonchev–Trinajstić information content (AvgIpc) is 2.46. The van der Waals surface area contributed by atoms with Crippen molar-refractivity contribution in [3.63, 3.8) is 0 Å². The highest BCUT2D eigenvalue weighted by Gasteiger charge is 2.05. The monoisotopic (exact) mass is 257 g/mol. The number of rotatable bonds is 4. The van der Waals surface area contributed by atoms with Crippen molar-refractivity contribution in [2.45, 2.75) is 13.2 Å². The van der Waals surface area contributed by atoms with Gasteiger partial charge in [-0.2, -0.15) is 5.26 Å². The Kier molecular flexibility index (Phi) is 4.06. The van der Waals surface area contributed by atoms with Crippen LogP contribution in [0, 0.1) is 17.1 Å². The molecule has 2 aromatic rings. The van der Waals surface area contributed by atoms with Crippen LogP contribution in [0.4, 0.5) is 4.39 Å². The predicted molar refractivity (Wildman–Crippen MR) is 67.6 cm³/mol. The molecule has 0 saturated heterocycles. The fourth-order valence-corrected chi connectivity index (χ4v) is 1.57. The normalized spacial score (nSPS) is 9.95. The summed E-state index contributed by atoms with van der Waals surface area (Å²) < 4.78 is 19.0. The standard InChI is InChI=1S/C14H12FN3O/c15-13-6-10(7-16)1-2-14(13)19-9-11-3-4-18-12(5-11)8-17/h1-6H,7,9,16H2. The molecule has 0 aliphatic rings. The molecule has 0 radical (unpaired) electrons. The molecule has 1 aromatic heterocycles. The Morgan fingerprint density at radius 3 is 2.79 bits per heavy atom. The summed E-state index contributed by atoms with van der Waals surface area (Å²) in [5, 5.41) is 8.72. The first-order valence-electron chi connectivity index (χ1n) is 5.69. The zero-order valence-electron chi connectivity index (χ0n) is 10.1. The van der Waals surface area contributed by atoms with Gasteiger partial charge in [0.25, 0.3) is 0 Å². The van der Waals surface area contributed by atoms with Crippen molar-refractivity contribution in [1.82, 2.24) is 4.98 Å². The van der Waals surface area contributed by atoms with Gasteiger partial charge in [0.1, 0.15) is 18.4 Å². The summed E-state index contributed by atoms with van der Waals surface area (Å²) in [6, 6.07) is 9.87. The summed E-state index contributed by atoms with van der Waals surface area (Å²) in [4.78, 5) is 3.85. The fourth-order valence-electron chi connectivity index (χ4n) is 1.57. The smallest absolute Gasteiger partial charge is 0.165 e. The lowest BCUT2D eigenvalue weighted by Gasteiger charge is -2.08. The summed E-state index contributed by atoms with van der Waals surface area (Å²) in [6.45, 7) is 0.461. The zero-order valence-corrected chi connectivity index (χ0v) is 10.1. The lowest BCUT2D eigenvalue weighted by atomic mass is 10.2. The van der Waals surface area contributed by atoms with Crippen molar-refractivity contribution in [3.05, 3.63) is 59.2 Å². The molecular weight excluding hydrogens is 245 g/mol. The summed E-state index contributed by atoms with van der Waals surface area (Å²) in [6.07, 6.45) is 1.52. The number of aromatic nitrogens is 1. The molecule has 2 N–H and O–H groups in total. The quantitative estimate of drug-likeness (QED) is 0.910. The van der Waals surface area contributed by atoms with E-state index in [1.165, 1.54) is 12.3 Å². The van der Waals surface area contributed by atoms with Crippen LogP contribution in [0.5, 0.6) is 5.75 Å². The number of hydrogen-bond acceptors (Lipinski definition) is 4. The highest BCUT2D eigenvalue weighted by Crippen LogP contribution is 2.19. The number of benzene rings is 1. The fraction of sp³-hybridized carbons (Fsp3) is 0.143. The molecule has 0 aliphatic heterocycles. The highest BCUT2D eigenvalue weighted by atomic mass is 19.1. The van der Waals surface area contributed by atoms with Gasteiger partial charge in [-0.15, -0.1) is 0 Å². The third kappa shape index (κ3) is 3.27. The van der Waals surface area contributed by atoms with Gasteiger partial charge in [0.2, 0.25) is 0 Å². The maximum absolute atomic E-state index is 13.6. The molecule has 19 heavy (non-hydrogen) atoms. The van der Waals surface area contributed by atoms with Gasteiger partial charge < -0.3 is 10.5 Å². The van der Waals surface area contributed by atoms with Crippen LogP contribution in [0.25, 0.3) is 0 Å². The first-order chi connectivity index (χ1) is 9.22. The molecule has 0 aliphatic carbocycles. The molecule has 4 nitrogen and oxygen atoms in total. The molecule has 0 fully saturated rings. The number of pyridine rings is 1. The van der Waals surface area contributed by atoms with Gasteiger partial charge in [-0.25, -0.2) is 9.37 Å². The van der Waals surface area contributed by atoms with E-state index in [1.807, 2.05) is 6.07 Å². The van der Waals surface area contributed by atoms with Crippen molar-refractivity contribution < 1.29 is 9.13 Å². The maximum atomic E-state index is 13.6. The van der Waals surface area contributed by atoms with Crippen molar-refractivity contribution in [3.8, 4) is 11.8 Å². The molecule has 1 heterocycles. The van der Waals surface area contributed by atoms with E-state index in [0.29, 0.717) is 11.3 Å². The van der Waals surface area contributed by atoms with E-state index in [9.17, 15) is 4.39 Å². The second-order valence-electron chi connectivity index (χ2n) is 3.92. The summed E-state index contributed by atoms with van der Waals surface area (Å²) in [5.41, 5.74) is 7.19. The van der Waals surface area contributed by atoms with E-state index in [1.54, 1.807) is 24.3 Å². The number of nitriles is 1. The van der Waals surface area contributed by atoms with Crippen LogP contribution in [0.15, 0.2) is 36.5 Å². The number of nitrogens with zero attached hydrogens (tertiary/aromatic N) is 2. The largest absolute Gasteiger partial charge is 0.486 e. The van der Waals surface area contributed by atoms with Crippen LogP contribution >= 0.6 is 0 Å². The number of hydrogen-bond donors (Lipinski definition) is 1. The van der Waals surface area contributed by atoms with Gasteiger partial charge in [-0.1, -0.05) is 6.07 Å². The van der Waals surface area contributed by atoms with Crippen molar-refractivity contribution in [2.24, 2.45) is 5.73 Å². The molecular formula is C14H12FN3O.